The summed E-state index contributed by atoms with van der Waals surface area (Å²) in [4.78, 5) is 0. The molecule has 0 aliphatic heterocycles. The molecule has 0 unspecified atom stereocenters. The van der Waals surface area contributed by atoms with Gasteiger partial charge in [0.05, 0.1) is 0 Å². The second-order valence-corrected chi connectivity index (χ2v) is 3.75. The van der Waals surface area contributed by atoms with Crippen molar-refractivity contribution in [1.29, 1.82) is 0 Å². The van der Waals surface area contributed by atoms with E-state index in [9.17, 15) is 0 Å². The Morgan fingerprint density at radius 1 is 1.07 bits per heavy atom. The smallest absolute Gasteiger partial charge is 0.00426 e. The van der Waals surface area contributed by atoms with Crippen LogP contribution in [0.15, 0.2) is 30.4 Å². The molecule has 0 spiro atoms. The predicted molar refractivity (Wildman–Crippen MR) is 62.4 cm³/mol. The van der Waals surface area contributed by atoms with Crippen molar-refractivity contribution in [2.45, 2.75) is 26.7 Å². The summed E-state index contributed by atoms with van der Waals surface area (Å²) >= 11 is 0. The van der Waals surface area contributed by atoms with Crippen molar-refractivity contribution in [2.75, 3.05) is 6.54 Å². The normalized spacial score (nSPS) is 11.1. The molecular weight excluding hydrogens is 170 g/mol. The molecule has 0 aliphatic rings. The molecule has 1 rings (SSSR count). The third kappa shape index (κ3) is 3.75. The molecule has 0 aromatic heterocycles. The van der Waals surface area contributed by atoms with Crippen LogP contribution in [0.1, 0.15) is 23.1 Å². The van der Waals surface area contributed by atoms with Crippen LogP contribution in [0.3, 0.4) is 0 Å². The van der Waals surface area contributed by atoms with Crippen LogP contribution in [-0.2, 0) is 6.42 Å². The fourth-order valence-corrected chi connectivity index (χ4v) is 1.62. The third-order valence-corrected chi connectivity index (χ3v) is 2.14. The molecular formula is C13H19N. The maximum absolute atomic E-state index is 5.40. The van der Waals surface area contributed by atoms with Crippen LogP contribution in [0.5, 0.6) is 0 Å². The molecule has 76 valence electrons. The highest BCUT2D eigenvalue weighted by molar-refractivity contribution is 5.29. The standard InChI is InChI=1S/C13H19N/c1-11-8-12(2)10-13(9-11)6-4-3-5-7-14/h3-4,8-10H,5-7,14H2,1-2H3. The third-order valence-electron chi connectivity index (χ3n) is 2.14. The average molecular weight is 189 g/mol. The van der Waals surface area contributed by atoms with E-state index < -0.39 is 0 Å². The lowest BCUT2D eigenvalue weighted by Gasteiger charge is -2.01. The number of hydrogen-bond donors (Lipinski definition) is 1. The number of hydrogen-bond acceptors (Lipinski definition) is 1. The summed E-state index contributed by atoms with van der Waals surface area (Å²) in [6, 6.07) is 6.67. The summed E-state index contributed by atoms with van der Waals surface area (Å²) in [6.07, 6.45) is 6.34. The van der Waals surface area contributed by atoms with Gasteiger partial charge < -0.3 is 5.73 Å². The summed E-state index contributed by atoms with van der Waals surface area (Å²) in [5.41, 5.74) is 9.47. The van der Waals surface area contributed by atoms with Crippen molar-refractivity contribution >= 4 is 0 Å². The minimum atomic E-state index is 0.739. The Morgan fingerprint density at radius 2 is 1.71 bits per heavy atom. The van der Waals surface area contributed by atoms with E-state index in [4.69, 9.17) is 5.73 Å². The van der Waals surface area contributed by atoms with E-state index in [-0.39, 0.29) is 0 Å². The highest BCUT2D eigenvalue weighted by atomic mass is 14.5. The van der Waals surface area contributed by atoms with E-state index in [1.807, 2.05) is 0 Å². The van der Waals surface area contributed by atoms with Gasteiger partial charge in [-0.1, -0.05) is 41.5 Å². The first-order valence-corrected chi connectivity index (χ1v) is 5.14. The van der Waals surface area contributed by atoms with Crippen LogP contribution in [-0.4, -0.2) is 6.54 Å². The molecule has 0 amide bonds. The van der Waals surface area contributed by atoms with Crippen LogP contribution in [0, 0.1) is 13.8 Å². The number of rotatable bonds is 4. The van der Waals surface area contributed by atoms with Crippen LogP contribution in [0.2, 0.25) is 0 Å². The van der Waals surface area contributed by atoms with Gasteiger partial charge in [0.2, 0.25) is 0 Å². The van der Waals surface area contributed by atoms with Crippen molar-refractivity contribution in [3.05, 3.63) is 47.0 Å². The van der Waals surface area contributed by atoms with Crippen molar-refractivity contribution in [3.8, 4) is 0 Å². The minimum absolute atomic E-state index is 0.739. The number of benzene rings is 1. The molecule has 14 heavy (non-hydrogen) atoms. The Kier molecular flexibility index (Phi) is 4.41. The summed E-state index contributed by atoms with van der Waals surface area (Å²) in [5.74, 6) is 0. The van der Waals surface area contributed by atoms with E-state index in [2.05, 4.69) is 44.2 Å². The van der Waals surface area contributed by atoms with E-state index in [1.165, 1.54) is 16.7 Å². The Labute approximate surface area is 86.6 Å². The molecule has 0 atom stereocenters. The van der Waals surface area contributed by atoms with Crippen LogP contribution >= 0.6 is 0 Å². The average Bonchev–Trinajstić information content (AvgIpc) is 2.11. The molecule has 0 aliphatic carbocycles. The van der Waals surface area contributed by atoms with Crippen molar-refractivity contribution < 1.29 is 0 Å². The minimum Gasteiger partial charge on any atom is -0.330 e. The zero-order valence-corrected chi connectivity index (χ0v) is 9.09. The van der Waals surface area contributed by atoms with Gasteiger partial charge in [-0.05, 0) is 38.8 Å². The van der Waals surface area contributed by atoms with Gasteiger partial charge in [0.15, 0.2) is 0 Å². The summed E-state index contributed by atoms with van der Waals surface area (Å²) in [5, 5.41) is 0. The summed E-state index contributed by atoms with van der Waals surface area (Å²) < 4.78 is 0. The number of allylic oxidation sites excluding steroid dienone is 1. The Bertz CT molecular complexity index is 293. The van der Waals surface area contributed by atoms with Gasteiger partial charge in [-0.15, -0.1) is 0 Å². The second-order valence-electron chi connectivity index (χ2n) is 3.75. The molecule has 1 heteroatoms. The lowest BCUT2D eigenvalue weighted by Crippen LogP contribution is -1.95. The van der Waals surface area contributed by atoms with E-state index in [0.29, 0.717) is 0 Å². The monoisotopic (exact) mass is 189 g/mol. The first-order chi connectivity index (χ1) is 6.72. The van der Waals surface area contributed by atoms with Gasteiger partial charge in [-0.2, -0.15) is 0 Å². The molecule has 0 fully saturated rings. The second kappa shape index (κ2) is 5.61. The molecule has 0 radical (unpaired) electrons. The molecule has 0 saturated heterocycles. The van der Waals surface area contributed by atoms with Crippen molar-refractivity contribution in [3.63, 3.8) is 0 Å². The number of aryl methyl sites for hydroxylation is 2. The van der Waals surface area contributed by atoms with E-state index in [0.717, 1.165) is 19.4 Å². The van der Waals surface area contributed by atoms with Crippen LogP contribution in [0.4, 0.5) is 0 Å². The van der Waals surface area contributed by atoms with Gasteiger partial charge in [0, 0.05) is 0 Å². The summed E-state index contributed by atoms with van der Waals surface area (Å²) in [6.45, 7) is 5.02. The first kappa shape index (κ1) is 11.0. The van der Waals surface area contributed by atoms with E-state index >= 15 is 0 Å². The van der Waals surface area contributed by atoms with Crippen molar-refractivity contribution in [2.24, 2.45) is 5.73 Å². The number of nitrogens with two attached hydrogens (primary N) is 1. The predicted octanol–water partition coefficient (Wildman–Crippen LogP) is 2.75. The fraction of sp³-hybridized carbons (Fsp3) is 0.385. The SMILES string of the molecule is Cc1cc(C)cc(CC=CCCN)c1. The molecule has 0 bridgehead atoms. The van der Waals surface area contributed by atoms with Crippen LogP contribution < -0.4 is 5.73 Å². The zero-order valence-electron chi connectivity index (χ0n) is 9.09. The van der Waals surface area contributed by atoms with Gasteiger partial charge in [0.25, 0.3) is 0 Å². The highest BCUT2D eigenvalue weighted by Crippen LogP contribution is 2.09. The Hall–Kier alpha value is -1.08. The fourth-order valence-electron chi connectivity index (χ4n) is 1.62. The highest BCUT2D eigenvalue weighted by Gasteiger charge is 1.93. The molecule has 1 nitrogen and oxygen atoms in total. The quantitative estimate of drug-likeness (QED) is 0.724. The molecule has 0 saturated carbocycles. The van der Waals surface area contributed by atoms with Gasteiger partial charge in [-0.3, -0.25) is 0 Å². The Morgan fingerprint density at radius 3 is 2.29 bits per heavy atom. The van der Waals surface area contributed by atoms with Gasteiger partial charge in [-0.25, -0.2) is 0 Å². The first-order valence-electron chi connectivity index (χ1n) is 5.14. The lowest BCUT2D eigenvalue weighted by atomic mass is 10.0. The zero-order chi connectivity index (χ0) is 10.4. The Balaban J connectivity index is 2.58. The summed E-state index contributed by atoms with van der Waals surface area (Å²) in [7, 11) is 0. The maximum Gasteiger partial charge on any atom is -0.00426 e. The molecule has 1 aromatic carbocycles. The molecule has 1 aromatic rings. The molecule has 2 N–H and O–H groups in total. The van der Waals surface area contributed by atoms with Crippen LogP contribution in [0.25, 0.3) is 0 Å². The van der Waals surface area contributed by atoms with Crippen molar-refractivity contribution in [1.82, 2.24) is 0 Å². The molecule has 0 heterocycles. The van der Waals surface area contributed by atoms with Gasteiger partial charge in [0.1, 0.15) is 0 Å². The maximum atomic E-state index is 5.40. The van der Waals surface area contributed by atoms with Gasteiger partial charge >= 0.3 is 0 Å². The topological polar surface area (TPSA) is 26.0 Å². The largest absolute Gasteiger partial charge is 0.330 e. The van der Waals surface area contributed by atoms with E-state index in [1.54, 1.807) is 0 Å². The lowest BCUT2D eigenvalue weighted by molar-refractivity contribution is 1.00.